The highest BCUT2D eigenvalue weighted by atomic mass is 35.5. The fraction of sp³-hybridized carbons (Fsp3) is 0.0476. The first-order valence-electron chi connectivity index (χ1n) is 17.9. The van der Waals surface area contributed by atoms with Crippen LogP contribution in [0.3, 0.4) is 0 Å². The summed E-state index contributed by atoms with van der Waals surface area (Å²) in [6.07, 6.45) is -0.493. The molecule has 0 saturated heterocycles. The van der Waals surface area contributed by atoms with Gasteiger partial charge in [-0.25, -0.2) is 92.8 Å². The van der Waals surface area contributed by atoms with E-state index in [4.69, 9.17) is 11.6 Å². The van der Waals surface area contributed by atoms with E-state index in [9.17, 15) is 52.7 Å². The minimum Gasteiger partial charge on any atom is -0.248 e. The zero-order valence-electron chi connectivity index (χ0n) is 31.8. The monoisotopic (exact) mass is 974 g/mol. The third kappa shape index (κ3) is 8.17. The average molecular weight is 975 g/mol. The summed E-state index contributed by atoms with van der Waals surface area (Å²) in [5.74, 6) is -71.4. The first kappa shape index (κ1) is 48.8. The van der Waals surface area contributed by atoms with Gasteiger partial charge in [0.05, 0.1) is 6.20 Å². The van der Waals surface area contributed by atoms with Crippen LogP contribution in [0.15, 0.2) is 73.2 Å². The molecule has 6 aromatic carbocycles. The van der Waals surface area contributed by atoms with Crippen molar-refractivity contribution in [2.24, 2.45) is 0 Å². The first-order valence-corrected chi connectivity index (χ1v) is 18.2. The van der Waals surface area contributed by atoms with E-state index < -0.39 is 144 Å². The van der Waals surface area contributed by atoms with E-state index in [2.05, 4.69) is 46.1 Å². The minimum absolute atomic E-state index is 0.764. The molecule has 0 aliphatic rings. The molecule has 0 spiro atoms. The molecule has 1 heterocycles. The van der Waals surface area contributed by atoms with Crippen LogP contribution in [0.25, 0.3) is 0 Å². The molecule has 0 fully saturated rings. The van der Waals surface area contributed by atoms with Gasteiger partial charge < -0.3 is 0 Å². The number of hydrogen-bond acceptors (Lipinski definition) is 1. The van der Waals surface area contributed by atoms with Crippen molar-refractivity contribution in [3.8, 4) is 0 Å². The van der Waals surface area contributed by atoms with E-state index in [0.29, 0.717) is 0 Å². The van der Waals surface area contributed by atoms with Gasteiger partial charge >= 0.3 is 0 Å². The summed E-state index contributed by atoms with van der Waals surface area (Å²) in [6.45, 7) is 0.853. The average Bonchev–Trinajstić information content (AvgIpc) is 3.29. The number of halogens is 21. The quantitative estimate of drug-likeness (QED) is 0.0488. The number of aromatic nitrogens is 2. The molecule has 7 rings (SSSR count). The van der Waals surface area contributed by atoms with Gasteiger partial charge in [0.25, 0.3) is 0 Å². The Morgan fingerprint density at radius 2 is 0.712 bits per heavy atom. The highest BCUT2D eigenvalue weighted by Gasteiger charge is 2.52. The summed E-state index contributed by atoms with van der Waals surface area (Å²) in [5, 5.41) is 0.764. The van der Waals surface area contributed by atoms with Gasteiger partial charge in [-0.05, 0) is 17.7 Å². The van der Waals surface area contributed by atoms with Crippen molar-refractivity contribution in [2.45, 2.75) is 13.0 Å². The molecule has 2 nitrogen and oxygen atoms in total. The van der Waals surface area contributed by atoms with Crippen molar-refractivity contribution in [1.82, 2.24) is 4.98 Å². The topological polar surface area (TPSA) is 16.8 Å². The zero-order chi connectivity index (χ0) is 48.8. The number of benzene rings is 6. The molecule has 0 saturated carbocycles. The van der Waals surface area contributed by atoms with E-state index in [1.54, 1.807) is 0 Å². The van der Waals surface area contributed by atoms with Gasteiger partial charge in [0.2, 0.25) is 0 Å². The third-order valence-corrected chi connectivity index (χ3v) is 10.2. The molecule has 0 aliphatic carbocycles. The minimum atomic E-state index is -7.22. The van der Waals surface area contributed by atoms with Gasteiger partial charge in [0, 0.05) is 17.0 Å². The van der Waals surface area contributed by atoms with Crippen molar-refractivity contribution in [1.29, 1.82) is 0 Å². The molecule has 1 aromatic heterocycles. The van der Waals surface area contributed by atoms with Crippen LogP contribution < -0.4 is 26.4 Å². The van der Waals surface area contributed by atoms with Crippen molar-refractivity contribution in [3.63, 3.8) is 0 Å². The number of nitrogens with zero attached hydrogens (tertiary/aromatic N) is 2. The predicted octanol–water partition coefficient (Wildman–Crippen LogP) is 9.51. The molecule has 7 aromatic rings. The van der Waals surface area contributed by atoms with E-state index in [-0.39, 0.29) is 0 Å². The fourth-order valence-electron chi connectivity index (χ4n) is 7.20. The molecule has 0 atom stereocenters. The Morgan fingerprint density at radius 3 is 1.05 bits per heavy atom. The van der Waals surface area contributed by atoms with E-state index in [0.717, 1.165) is 23.7 Å². The van der Waals surface area contributed by atoms with Gasteiger partial charge in [-0.2, -0.15) is 4.57 Å². The molecule has 0 aliphatic heterocycles. The van der Waals surface area contributed by atoms with Crippen molar-refractivity contribution < 1.29 is 92.4 Å². The molecular weight excluding hydrogens is 959 g/mol. The Balaban J connectivity index is 0.000000284. The first-order chi connectivity index (χ1) is 31.0. The van der Waals surface area contributed by atoms with Gasteiger partial charge in [-0.3, -0.25) is 0 Å². The number of hydrogen-bond donors (Lipinski definition) is 0. The van der Waals surface area contributed by atoms with Crippen LogP contribution in [0.5, 0.6) is 0 Å². The predicted molar refractivity (Wildman–Crippen MR) is 193 cm³/mol. The normalized spacial score (nSPS) is 11.5. The highest BCUT2D eigenvalue weighted by molar-refractivity contribution is 7.20. The van der Waals surface area contributed by atoms with Crippen LogP contribution in [0.1, 0.15) is 16.8 Å². The Kier molecular flexibility index (Phi) is 13.8. The summed E-state index contributed by atoms with van der Waals surface area (Å²) >= 11 is 6.02. The maximum absolute atomic E-state index is 15.4. The Hall–Kier alpha value is -6.65. The maximum atomic E-state index is 15.4. The second kappa shape index (κ2) is 18.7. The number of rotatable bonds is 8. The second-order valence-corrected chi connectivity index (χ2v) is 14.2. The summed E-state index contributed by atoms with van der Waals surface area (Å²) < 4.78 is 296. The third-order valence-electron chi connectivity index (χ3n) is 10.0. The largest absolute Gasteiger partial charge is 0.248 e. The van der Waals surface area contributed by atoms with Crippen LogP contribution in [0.2, 0.25) is 5.02 Å². The van der Waals surface area contributed by atoms with E-state index in [1.807, 2.05) is 36.7 Å². The molecule has 66 heavy (non-hydrogen) atoms. The SMILES string of the molecule is Clc1cccc(Cc2c[n+](Cc3ccccc3)ccn2)c1.Fc1c(F)c(F)c([B-](c2c(F)c(F)c(F)c(F)c2F)(c2c(F)c(F)c(F)c(F)c2F)c2c(F)c(F)c(F)c(F)c2F)c(F)c1F. The molecule has 0 unspecified atom stereocenters. The van der Waals surface area contributed by atoms with Crippen molar-refractivity contribution >= 4 is 39.6 Å². The molecular formula is C42H16BClF20N2. The van der Waals surface area contributed by atoms with Crippen LogP contribution in [0, 0.1) is 116 Å². The lowest BCUT2D eigenvalue weighted by Crippen LogP contribution is -2.81. The standard InChI is InChI=1S/C24BF20.C18H16ClN2/c26-5-1(6(27)14(35)21(42)13(5)34)25(2-7(28)15(36)22(43)16(37)8(2)29,3-9(30)17(38)23(44)18(39)10(3)31)4-11(32)19(40)24(45)20(41)12(4)33;19-17-8-4-7-16(11-17)12-18-14-21(10-9-20-18)13-15-5-2-1-3-6-15/h;1-11,14H,12-13H2/q-1;+1. The summed E-state index contributed by atoms with van der Waals surface area (Å²) in [7, 11) is 0. The van der Waals surface area contributed by atoms with E-state index >= 15 is 35.1 Å². The lowest BCUT2D eigenvalue weighted by atomic mass is 9.12. The van der Waals surface area contributed by atoms with Crippen LogP contribution >= 0.6 is 11.6 Å². The van der Waals surface area contributed by atoms with Crippen LogP contribution in [0.4, 0.5) is 87.8 Å². The van der Waals surface area contributed by atoms with Crippen molar-refractivity contribution in [3.05, 3.63) is 211 Å². The summed E-state index contributed by atoms with van der Waals surface area (Å²) in [5.41, 5.74) is -10.8. The van der Waals surface area contributed by atoms with Gasteiger partial charge in [0.1, 0.15) is 58.4 Å². The summed E-state index contributed by atoms with van der Waals surface area (Å²) in [4.78, 5) is 4.44. The molecule has 0 N–H and O–H groups in total. The molecule has 0 bridgehead atoms. The Bertz CT molecular complexity index is 2680. The molecule has 0 amide bonds. The van der Waals surface area contributed by atoms with Gasteiger partial charge in [-0.15, -0.1) is 21.9 Å². The second-order valence-electron chi connectivity index (χ2n) is 13.8. The van der Waals surface area contributed by atoms with Crippen molar-refractivity contribution in [2.75, 3.05) is 0 Å². The Labute approximate surface area is 360 Å². The molecule has 24 heteroatoms. The van der Waals surface area contributed by atoms with E-state index in [1.165, 1.54) is 11.1 Å². The van der Waals surface area contributed by atoms with Gasteiger partial charge in [-0.1, -0.05) is 54.1 Å². The fourth-order valence-corrected chi connectivity index (χ4v) is 7.41. The van der Waals surface area contributed by atoms with Gasteiger partial charge in [0.15, 0.2) is 88.7 Å². The lowest BCUT2D eigenvalue weighted by Gasteiger charge is -2.44. The Morgan fingerprint density at radius 1 is 0.394 bits per heavy atom. The van der Waals surface area contributed by atoms with Crippen LogP contribution in [-0.2, 0) is 13.0 Å². The summed E-state index contributed by atoms with van der Waals surface area (Å²) in [6, 6.07) is 18.3. The smallest absolute Gasteiger partial charge is 0.200 e. The highest BCUT2D eigenvalue weighted by Crippen LogP contribution is 2.31. The maximum Gasteiger partial charge on any atom is 0.200 e. The lowest BCUT2D eigenvalue weighted by molar-refractivity contribution is -0.689. The molecule has 0 radical (unpaired) electrons. The zero-order valence-corrected chi connectivity index (χ0v) is 32.5. The van der Waals surface area contributed by atoms with Crippen LogP contribution in [-0.4, -0.2) is 11.1 Å². The molecule has 344 valence electrons.